The van der Waals surface area contributed by atoms with Gasteiger partial charge in [-0.25, -0.2) is 9.97 Å². The second kappa shape index (κ2) is 2.35. The summed E-state index contributed by atoms with van der Waals surface area (Å²) in [6.07, 6.45) is 7.21. The molecular weight excluding hydrogens is 206 g/mol. The van der Waals surface area contributed by atoms with Crippen LogP contribution in [0.15, 0.2) is 17.2 Å². The Labute approximate surface area is 88.0 Å². The van der Waals surface area contributed by atoms with Gasteiger partial charge in [0.05, 0.1) is 17.4 Å². The summed E-state index contributed by atoms with van der Waals surface area (Å²) in [5, 5.41) is 0.916. The summed E-state index contributed by atoms with van der Waals surface area (Å²) in [6, 6.07) is 0. The fraction of sp³-hybridized carbons (Fsp3) is 0. The van der Waals surface area contributed by atoms with Gasteiger partial charge < -0.3 is 4.98 Å². The number of aromatic amines is 1. The van der Waals surface area contributed by atoms with Crippen molar-refractivity contribution in [2.75, 3.05) is 0 Å². The maximum atomic E-state index is 11.6. The first kappa shape index (κ1) is 7.75. The number of hydrogen-bond donors (Lipinski definition) is 1. The van der Waals surface area contributed by atoms with Crippen molar-refractivity contribution >= 4 is 29.1 Å². The molecule has 16 heavy (non-hydrogen) atoms. The zero-order valence-electron chi connectivity index (χ0n) is 8.01. The molecule has 0 bridgehead atoms. The van der Waals surface area contributed by atoms with Crippen molar-refractivity contribution in [2.24, 2.45) is 0 Å². The summed E-state index contributed by atoms with van der Waals surface area (Å²) in [7, 11) is 0. The van der Waals surface area contributed by atoms with Gasteiger partial charge in [-0.05, 0) is 12.2 Å². The van der Waals surface area contributed by atoms with E-state index in [9.17, 15) is 4.79 Å². The third kappa shape index (κ3) is 0.736. The monoisotopic (exact) mass is 211 g/mol. The second-order valence-electron chi connectivity index (χ2n) is 3.56. The number of hydrogen-bond acceptors (Lipinski definition) is 4. The van der Waals surface area contributed by atoms with Crippen LogP contribution < -0.4 is 10.9 Å². The van der Waals surface area contributed by atoms with Crippen LogP contribution in [-0.4, -0.2) is 24.3 Å². The van der Waals surface area contributed by atoms with E-state index in [1.54, 1.807) is 4.40 Å². The highest BCUT2D eigenvalue weighted by Crippen LogP contribution is 2.08. The average molecular weight is 211 g/mol. The lowest BCUT2D eigenvalue weighted by atomic mass is 10.5. The van der Waals surface area contributed by atoms with Crippen molar-refractivity contribution in [3.63, 3.8) is 0 Å². The molecule has 0 saturated heterocycles. The zero-order chi connectivity index (χ0) is 10.7. The van der Waals surface area contributed by atoms with Crippen LogP contribution in [0.5, 0.6) is 0 Å². The predicted octanol–water partition coefficient (Wildman–Crippen LogP) is -0.508. The minimum Gasteiger partial charge on any atom is -0.339 e. The van der Waals surface area contributed by atoms with Gasteiger partial charge >= 0.3 is 5.56 Å². The van der Waals surface area contributed by atoms with Gasteiger partial charge in [-0.2, -0.15) is 4.98 Å². The van der Waals surface area contributed by atoms with E-state index in [-0.39, 0.29) is 5.56 Å². The van der Waals surface area contributed by atoms with Crippen LogP contribution in [0.3, 0.4) is 0 Å². The smallest absolute Gasteiger partial charge is 0.300 e. The Kier molecular flexibility index (Phi) is 1.14. The standard InChI is InChI=1S/C10H5N5O/c16-9-7-8(12-4-11-7)15-6-3-1-2-5(6)13-10(15)14-9/h1-4H,(H,11,12). The number of fused-ring (bicyclic) bond motifs is 5. The number of rotatable bonds is 0. The molecule has 0 saturated carbocycles. The van der Waals surface area contributed by atoms with Crippen LogP contribution in [0, 0.1) is 0 Å². The van der Waals surface area contributed by atoms with Crippen molar-refractivity contribution in [3.8, 4) is 0 Å². The highest BCUT2D eigenvalue weighted by atomic mass is 16.1. The molecule has 76 valence electrons. The number of aromatic nitrogens is 5. The van der Waals surface area contributed by atoms with Crippen LogP contribution in [0.1, 0.15) is 5.69 Å². The molecule has 4 rings (SSSR count). The summed E-state index contributed by atoms with van der Waals surface area (Å²) in [5.74, 6) is 0.398. The minimum absolute atomic E-state index is 0.326. The molecule has 3 aromatic rings. The van der Waals surface area contributed by atoms with Crippen molar-refractivity contribution in [1.29, 1.82) is 0 Å². The van der Waals surface area contributed by atoms with E-state index in [1.807, 2.05) is 18.2 Å². The van der Waals surface area contributed by atoms with Crippen molar-refractivity contribution in [1.82, 2.24) is 24.3 Å². The molecule has 0 aliphatic heterocycles. The van der Waals surface area contributed by atoms with Crippen molar-refractivity contribution in [2.45, 2.75) is 0 Å². The first-order valence-corrected chi connectivity index (χ1v) is 4.78. The Balaban J connectivity index is 2.46. The van der Waals surface area contributed by atoms with Gasteiger partial charge in [0.1, 0.15) is 0 Å². The molecule has 0 unspecified atom stereocenters. The Hall–Kier alpha value is -2.50. The number of nitrogens with one attached hydrogen (secondary N) is 1. The topological polar surface area (TPSA) is 75.9 Å². The van der Waals surface area contributed by atoms with E-state index in [1.165, 1.54) is 6.33 Å². The molecule has 0 fully saturated rings. The van der Waals surface area contributed by atoms with Gasteiger partial charge in [-0.15, -0.1) is 0 Å². The molecule has 6 heteroatoms. The molecule has 1 N–H and O–H groups in total. The Bertz CT molecular complexity index is 870. The van der Waals surface area contributed by atoms with Crippen LogP contribution >= 0.6 is 0 Å². The highest BCUT2D eigenvalue weighted by molar-refractivity contribution is 5.75. The lowest BCUT2D eigenvalue weighted by Gasteiger charge is -1.92. The first-order valence-electron chi connectivity index (χ1n) is 4.78. The molecule has 1 aliphatic rings. The van der Waals surface area contributed by atoms with Crippen LogP contribution in [0.25, 0.3) is 29.1 Å². The van der Waals surface area contributed by atoms with Crippen LogP contribution in [-0.2, 0) is 0 Å². The van der Waals surface area contributed by atoms with Gasteiger partial charge in [0, 0.05) is 0 Å². The largest absolute Gasteiger partial charge is 0.339 e. The van der Waals surface area contributed by atoms with Crippen molar-refractivity contribution < 1.29 is 0 Å². The molecule has 0 radical (unpaired) electrons. The van der Waals surface area contributed by atoms with Crippen LogP contribution in [0.2, 0.25) is 0 Å². The fourth-order valence-corrected chi connectivity index (χ4v) is 1.99. The van der Waals surface area contributed by atoms with Gasteiger partial charge in [-0.3, -0.25) is 9.20 Å². The second-order valence-corrected chi connectivity index (χ2v) is 3.56. The molecule has 3 aromatic heterocycles. The quantitative estimate of drug-likeness (QED) is 0.543. The molecule has 3 heterocycles. The maximum Gasteiger partial charge on any atom is 0.300 e. The summed E-state index contributed by atoms with van der Waals surface area (Å²) < 4.78 is 1.78. The highest BCUT2D eigenvalue weighted by Gasteiger charge is 2.14. The third-order valence-electron chi connectivity index (χ3n) is 2.68. The molecule has 0 spiro atoms. The summed E-state index contributed by atoms with van der Waals surface area (Å²) >= 11 is 0. The Morgan fingerprint density at radius 3 is 3.19 bits per heavy atom. The zero-order valence-corrected chi connectivity index (χ0v) is 8.01. The number of imidazole rings is 2. The summed E-state index contributed by atoms with van der Waals surface area (Å²) in [6.45, 7) is 0. The molecule has 0 atom stereocenters. The van der Waals surface area contributed by atoms with E-state index < -0.39 is 0 Å². The molecule has 1 aliphatic carbocycles. The number of H-pyrrole nitrogens is 1. The fourth-order valence-electron chi connectivity index (χ4n) is 1.99. The molecule has 6 nitrogen and oxygen atoms in total. The number of allylic oxidation sites excluding steroid dienone is 1. The van der Waals surface area contributed by atoms with Crippen molar-refractivity contribution in [3.05, 3.63) is 33.8 Å². The SMILES string of the molecule is O=c1nc2nc3c(n2c2nc[nH]c12)=CC=C3. The lowest BCUT2D eigenvalue weighted by Crippen LogP contribution is -2.16. The Morgan fingerprint density at radius 2 is 2.25 bits per heavy atom. The van der Waals surface area contributed by atoms with Gasteiger partial charge in [0.25, 0.3) is 0 Å². The summed E-state index contributed by atoms with van der Waals surface area (Å²) in [4.78, 5) is 26.7. The number of nitrogens with zero attached hydrogens (tertiary/aromatic N) is 4. The van der Waals surface area contributed by atoms with E-state index in [0.717, 1.165) is 11.0 Å². The molecule has 0 aromatic carbocycles. The van der Waals surface area contributed by atoms with Gasteiger partial charge in [0.2, 0.25) is 5.78 Å². The van der Waals surface area contributed by atoms with E-state index >= 15 is 0 Å². The minimum atomic E-state index is -0.326. The summed E-state index contributed by atoms with van der Waals surface area (Å²) in [5.41, 5.74) is 1.48. The lowest BCUT2D eigenvalue weighted by molar-refractivity contribution is 1.09. The maximum absolute atomic E-state index is 11.6. The molecular formula is C10H5N5O. The normalized spacial score (nSPS) is 13.5. The van der Waals surface area contributed by atoms with E-state index in [0.29, 0.717) is 16.9 Å². The third-order valence-corrected chi connectivity index (χ3v) is 2.68. The van der Waals surface area contributed by atoms with E-state index in [2.05, 4.69) is 19.9 Å². The van der Waals surface area contributed by atoms with Crippen LogP contribution in [0.4, 0.5) is 0 Å². The predicted molar refractivity (Wildman–Crippen MR) is 57.6 cm³/mol. The average Bonchev–Trinajstić information content (AvgIpc) is 2.87. The van der Waals surface area contributed by atoms with Gasteiger partial charge in [-0.1, -0.05) is 6.08 Å². The first-order chi connectivity index (χ1) is 7.84. The van der Waals surface area contributed by atoms with E-state index in [4.69, 9.17) is 0 Å². The van der Waals surface area contributed by atoms with Gasteiger partial charge in [0.15, 0.2) is 11.2 Å². The Morgan fingerprint density at radius 1 is 1.31 bits per heavy atom. The molecule has 0 amide bonds.